The van der Waals surface area contributed by atoms with Crippen LogP contribution < -0.4 is 5.32 Å². The predicted molar refractivity (Wildman–Crippen MR) is 80.6 cm³/mol. The number of nitrogens with zero attached hydrogens (tertiary/aromatic N) is 1. The van der Waals surface area contributed by atoms with Gasteiger partial charge in [-0.15, -0.1) is 0 Å². The van der Waals surface area contributed by atoms with Gasteiger partial charge in [-0.2, -0.15) is 0 Å². The lowest BCUT2D eigenvalue weighted by Crippen LogP contribution is -2.52. The van der Waals surface area contributed by atoms with E-state index in [4.69, 9.17) is 4.74 Å². The Labute approximate surface area is 124 Å². The number of hydrogen-bond donors (Lipinski definition) is 2. The third-order valence-corrected chi connectivity index (χ3v) is 4.28. The van der Waals surface area contributed by atoms with Crippen LogP contribution in [0.1, 0.15) is 29.3 Å². The molecule has 0 aromatic heterocycles. The fourth-order valence-corrected chi connectivity index (χ4v) is 3.05. The van der Waals surface area contributed by atoms with Crippen LogP contribution in [-0.2, 0) is 11.2 Å². The molecule has 0 spiro atoms. The molecule has 5 heteroatoms. The molecule has 114 valence electrons. The Bertz CT molecular complexity index is 532. The zero-order valence-electron chi connectivity index (χ0n) is 12.3. The lowest BCUT2D eigenvalue weighted by atomic mass is 9.98. The fraction of sp³-hybridized carbons (Fsp3) is 0.562. The average molecular weight is 290 g/mol. The molecule has 2 N–H and O–H groups in total. The number of hydrogen-bond acceptors (Lipinski definition) is 4. The number of aliphatic hydroxyl groups is 1. The molecule has 1 aromatic carbocycles. The van der Waals surface area contributed by atoms with Crippen LogP contribution in [0.25, 0.3) is 0 Å². The highest BCUT2D eigenvalue weighted by molar-refractivity contribution is 6.00. The van der Waals surface area contributed by atoms with Crippen molar-refractivity contribution >= 4 is 11.6 Å². The normalized spacial score (nSPS) is 25.1. The molecule has 21 heavy (non-hydrogen) atoms. The van der Waals surface area contributed by atoms with E-state index in [9.17, 15) is 9.90 Å². The number of ether oxygens (including phenoxy) is 1. The fourth-order valence-electron chi connectivity index (χ4n) is 3.05. The van der Waals surface area contributed by atoms with E-state index in [0.717, 1.165) is 30.6 Å². The standard InChI is InChI=1S/C16H22N2O3/c1-11-10-21-13(9-19)8-18(11)16(20)14-6-2-4-12-5-3-7-17-15(12)14/h2,4,6,11,13,17,19H,3,5,7-10H2,1H3. The molecule has 0 aliphatic carbocycles. The molecule has 2 unspecified atom stereocenters. The van der Waals surface area contributed by atoms with Crippen molar-refractivity contribution in [3.8, 4) is 0 Å². The van der Waals surface area contributed by atoms with Crippen LogP contribution in [-0.4, -0.2) is 54.4 Å². The molecule has 2 heterocycles. The summed E-state index contributed by atoms with van der Waals surface area (Å²) < 4.78 is 5.51. The van der Waals surface area contributed by atoms with Crippen LogP contribution in [0.15, 0.2) is 18.2 Å². The Morgan fingerprint density at radius 3 is 3.19 bits per heavy atom. The molecule has 1 aromatic rings. The monoisotopic (exact) mass is 290 g/mol. The Morgan fingerprint density at radius 2 is 2.38 bits per heavy atom. The van der Waals surface area contributed by atoms with E-state index >= 15 is 0 Å². The first kappa shape index (κ1) is 14.4. The smallest absolute Gasteiger partial charge is 0.256 e. The minimum absolute atomic E-state index is 0.0236. The van der Waals surface area contributed by atoms with Crippen LogP contribution in [0.5, 0.6) is 0 Å². The second-order valence-corrected chi connectivity index (χ2v) is 5.81. The minimum atomic E-state index is -0.280. The highest BCUT2D eigenvalue weighted by atomic mass is 16.5. The van der Waals surface area contributed by atoms with Crippen LogP contribution in [0, 0.1) is 0 Å². The zero-order valence-corrected chi connectivity index (χ0v) is 12.3. The molecule has 1 fully saturated rings. The maximum absolute atomic E-state index is 12.9. The number of carbonyl (C=O) groups excluding carboxylic acids is 1. The minimum Gasteiger partial charge on any atom is -0.394 e. The van der Waals surface area contributed by atoms with Crippen molar-refractivity contribution in [3.63, 3.8) is 0 Å². The predicted octanol–water partition coefficient (Wildman–Crippen LogP) is 1.27. The SMILES string of the molecule is CC1COC(CO)CN1C(=O)c1cccc2c1NCCC2. The highest BCUT2D eigenvalue weighted by Gasteiger charge is 2.31. The molecular weight excluding hydrogens is 268 g/mol. The number of benzene rings is 1. The largest absolute Gasteiger partial charge is 0.394 e. The van der Waals surface area contributed by atoms with Crippen molar-refractivity contribution in [3.05, 3.63) is 29.3 Å². The van der Waals surface area contributed by atoms with Crippen LogP contribution in [0.4, 0.5) is 5.69 Å². The first-order valence-corrected chi connectivity index (χ1v) is 7.60. The summed E-state index contributed by atoms with van der Waals surface area (Å²) in [5.41, 5.74) is 2.93. The number of rotatable bonds is 2. The summed E-state index contributed by atoms with van der Waals surface area (Å²) in [4.78, 5) is 14.7. The molecule has 2 aliphatic rings. The number of anilines is 1. The van der Waals surface area contributed by atoms with Gasteiger partial charge in [0.15, 0.2) is 0 Å². The van der Waals surface area contributed by atoms with Crippen LogP contribution >= 0.6 is 0 Å². The molecule has 2 aliphatic heterocycles. The summed E-state index contributed by atoms with van der Waals surface area (Å²) in [6.07, 6.45) is 1.84. The van der Waals surface area contributed by atoms with Gasteiger partial charge in [0.2, 0.25) is 0 Å². The maximum Gasteiger partial charge on any atom is 0.256 e. The molecular formula is C16H22N2O3. The number of morpholine rings is 1. The number of nitrogens with one attached hydrogen (secondary N) is 1. The Hall–Kier alpha value is -1.59. The van der Waals surface area contributed by atoms with E-state index in [0.29, 0.717) is 13.2 Å². The van der Waals surface area contributed by atoms with Crippen molar-refractivity contribution in [2.45, 2.75) is 31.9 Å². The Balaban J connectivity index is 1.87. The second kappa shape index (κ2) is 6.03. The molecule has 2 atom stereocenters. The van der Waals surface area contributed by atoms with Gasteiger partial charge in [-0.1, -0.05) is 12.1 Å². The van der Waals surface area contributed by atoms with Gasteiger partial charge in [0.05, 0.1) is 36.6 Å². The number of aryl methyl sites for hydroxylation is 1. The third-order valence-electron chi connectivity index (χ3n) is 4.28. The highest BCUT2D eigenvalue weighted by Crippen LogP contribution is 2.28. The molecule has 3 rings (SSSR count). The number of fused-ring (bicyclic) bond motifs is 1. The lowest BCUT2D eigenvalue weighted by molar-refractivity contribution is -0.0667. The average Bonchev–Trinajstić information content (AvgIpc) is 2.54. The van der Waals surface area contributed by atoms with E-state index < -0.39 is 0 Å². The van der Waals surface area contributed by atoms with Gasteiger partial charge in [0.1, 0.15) is 0 Å². The topological polar surface area (TPSA) is 61.8 Å². The van der Waals surface area contributed by atoms with Crippen LogP contribution in [0.2, 0.25) is 0 Å². The number of para-hydroxylation sites is 1. The van der Waals surface area contributed by atoms with Crippen molar-refractivity contribution in [2.24, 2.45) is 0 Å². The summed E-state index contributed by atoms with van der Waals surface area (Å²) in [5.74, 6) is 0.0236. The van der Waals surface area contributed by atoms with Gasteiger partial charge in [-0.25, -0.2) is 0 Å². The summed E-state index contributed by atoms with van der Waals surface area (Å²) in [5, 5.41) is 12.6. The first-order chi connectivity index (χ1) is 10.2. The molecule has 0 bridgehead atoms. The van der Waals surface area contributed by atoms with Gasteiger partial charge in [-0.05, 0) is 31.4 Å². The summed E-state index contributed by atoms with van der Waals surface area (Å²) >= 11 is 0. The van der Waals surface area contributed by atoms with Crippen molar-refractivity contribution in [1.29, 1.82) is 0 Å². The molecule has 1 saturated heterocycles. The van der Waals surface area contributed by atoms with Gasteiger partial charge in [0.25, 0.3) is 5.91 Å². The van der Waals surface area contributed by atoms with Gasteiger partial charge in [-0.3, -0.25) is 4.79 Å². The number of carbonyl (C=O) groups is 1. The lowest BCUT2D eigenvalue weighted by Gasteiger charge is -2.38. The van der Waals surface area contributed by atoms with Crippen molar-refractivity contribution in [2.75, 3.05) is 31.6 Å². The third kappa shape index (κ3) is 2.76. The summed E-state index contributed by atoms with van der Waals surface area (Å²) in [6, 6.07) is 5.95. The van der Waals surface area contributed by atoms with Crippen molar-refractivity contribution < 1.29 is 14.6 Å². The number of amides is 1. The molecule has 1 amide bonds. The van der Waals surface area contributed by atoms with Gasteiger partial charge >= 0.3 is 0 Å². The van der Waals surface area contributed by atoms with E-state index in [1.807, 2.05) is 24.0 Å². The maximum atomic E-state index is 12.9. The second-order valence-electron chi connectivity index (χ2n) is 5.81. The zero-order chi connectivity index (χ0) is 14.8. The molecule has 5 nitrogen and oxygen atoms in total. The van der Waals surface area contributed by atoms with Gasteiger partial charge in [0, 0.05) is 13.1 Å². The van der Waals surface area contributed by atoms with E-state index in [1.54, 1.807) is 0 Å². The molecule has 0 radical (unpaired) electrons. The number of aliphatic hydroxyl groups excluding tert-OH is 1. The van der Waals surface area contributed by atoms with Crippen LogP contribution in [0.3, 0.4) is 0 Å². The van der Waals surface area contributed by atoms with E-state index in [-0.39, 0.29) is 24.7 Å². The first-order valence-electron chi connectivity index (χ1n) is 7.60. The van der Waals surface area contributed by atoms with Gasteiger partial charge < -0.3 is 20.1 Å². The molecule has 0 saturated carbocycles. The Morgan fingerprint density at radius 1 is 1.52 bits per heavy atom. The van der Waals surface area contributed by atoms with E-state index in [2.05, 4.69) is 11.4 Å². The summed E-state index contributed by atoms with van der Waals surface area (Å²) in [6.45, 7) is 3.75. The summed E-state index contributed by atoms with van der Waals surface area (Å²) in [7, 11) is 0. The van der Waals surface area contributed by atoms with E-state index in [1.165, 1.54) is 5.56 Å². The quantitative estimate of drug-likeness (QED) is 0.861. The Kier molecular flexibility index (Phi) is 4.12. The van der Waals surface area contributed by atoms with Crippen molar-refractivity contribution in [1.82, 2.24) is 4.90 Å².